The fraction of sp³-hybridized carbons (Fsp3) is 0.643. The summed E-state index contributed by atoms with van der Waals surface area (Å²) in [6.45, 7) is 5.50. The van der Waals surface area contributed by atoms with Crippen molar-refractivity contribution in [3.8, 4) is 0 Å². The van der Waals surface area contributed by atoms with E-state index in [-0.39, 0.29) is 5.82 Å². The second-order valence-electron chi connectivity index (χ2n) is 6.48. The number of amides is 1. The average molecular weight is 325 g/mol. The van der Waals surface area contributed by atoms with Crippen LogP contribution < -0.4 is 11.0 Å². The Balaban J connectivity index is 1.72. The molecule has 2 aliphatic heterocycles. The van der Waals surface area contributed by atoms with Gasteiger partial charge in [0.1, 0.15) is 29.7 Å². The van der Waals surface area contributed by atoms with Gasteiger partial charge in [0.25, 0.3) is 0 Å². The quantitative estimate of drug-likeness (QED) is 0.801. The Kier molecular flexibility index (Phi) is 3.86. The van der Waals surface area contributed by atoms with Crippen LogP contribution in [0.5, 0.6) is 0 Å². The Labute approximate surface area is 132 Å². The van der Waals surface area contributed by atoms with E-state index < -0.39 is 41.9 Å². The van der Waals surface area contributed by atoms with Crippen molar-refractivity contribution in [1.29, 1.82) is 0 Å². The average Bonchev–Trinajstić information content (AvgIpc) is 2.92. The molecule has 1 aromatic rings. The molecule has 23 heavy (non-hydrogen) atoms. The third-order valence-electron chi connectivity index (χ3n) is 3.50. The fourth-order valence-corrected chi connectivity index (χ4v) is 2.55. The van der Waals surface area contributed by atoms with Gasteiger partial charge in [-0.3, -0.25) is 9.88 Å². The maximum absolute atomic E-state index is 12.1. The summed E-state index contributed by atoms with van der Waals surface area (Å²) in [7, 11) is 0. The highest BCUT2D eigenvalue weighted by molar-refractivity contribution is 5.83. The summed E-state index contributed by atoms with van der Waals surface area (Å²) < 4.78 is 17.3. The molecule has 0 unspecified atom stereocenters. The highest BCUT2D eigenvalue weighted by Gasteiger charge is 2.51. The number of nitrogens with one attached hydrogen (secondary N) is 1. The second-order valence-corrected chi connectivity index (χ2v) is 6.48. The van der Waals surface area contributed by atoms with Crippen molar-refractivity contribution in [2.75, 3.05) is 11.9 Å². The van der Waals surface area contributed by atoms with Crippen LogP contribution in [0.15, 0.2) is 17.1 Å². The summed E-state index contributed by atoms with van der Waals surface area (Å²) >= 11 is 0. The van der Waals surface area contributed by atoms with Crippen LogP contribution in [0.2, 0.25) is 0 Å². The van der Waals surface area contributed by atoms with Crippen LogP contribution in [-0.4, -0.2) is 51.3 Å². The Morgan fingerprint density at radius 1 is 1.52 bits per heavy atom. The van der Waals surface area contributed by atoms with E-state index in [0.29, 0.717) is 6.61 Å². The van der Waals surface area contributed by atoms with Gasteiger partial charge in [0.2, 0.25) is 0 Å². The van der Waals surface area contributed by atoms with E-state index >= 15 is 0 Å². The molecule has 126 valence electrons. The molecule has 2 bridgehead atoms. The molecule has 1 amide bonds. The first-order valence-corrected chi connectivity index (χ1v) is 7.29. The molecule has 0 aromatic carbocycles. The van der Waals surface area contributed by atoms with Crippen LogP contribution in [0.4, 0.5) is 10.6 Å². The molecule has 2 aliphatic rings. The van der Waals surface area contributed by atoms with Gasteiger partial charge in [0.05, 0.1) is 6.61 Å². The van der Waals surface area contributed by atoms with Gasteiger partial charge in [-0.15, -0.1) is 0 Å². The van der Waals surface area contributed by atoms with Crippen LogP contribution in [0.3, 0.4) is 0 Å². The molecule has 4 atom stereocenters. The van der Waals surface area contributed by atoms with Gasteiger partial charge in [-0.25, -0.2) is 9.59 Å². The minimum absolute atomic E-state index is 0.0742. The Morgan fingerprint density at radius 2 is 2.26 bits per heavy atom. The van der Waals surface area contributed by atoms with Gasteiger partial charge in [-0.05, 0) is 26.8 Å². The Hall–Kier alpha value is -1.97. The first kappa shape index (κ1) is 15.9. The van der Waals surface area contributed by atoms with Gasteiger partial charge in [-0.1, -0.05) is 0 Å². The predicted octanol–water partition coefficient (Wildman–Crippen LogP) is 0.247. The first-order valence-electron chi connectivity index (χ1n) is 7.29. The summed E-state index contributed by atoms with van der Waals surface area (Å²) in [6, 6.07) is 1.45. The summed E-state index contributed by atoms with van der Waals surface area (Å²) in [6.07, 6.45) is -1.77. The van der Waals surface area contributed by atoms with Crippen molar-refractivity contribution in [1.82, 2.24) is 9.55 Å². The highest BCUT2D eigenvalue weighted by Crippen LogP contribution is 2.36. The van der Waals surface area contributed by atoms with Gasteiger partial charge >= 0.3 is 11.8 Å². The van der Waals surface area contributed by atoms with Crippen LogP contribution in [0.1, 0.15) is 27.0 Å². The SMILES string of the molecule is CC(C)(C)OC(=O)Nc1ccn([C@@H]2O[C@@H]3CO[C@H]2[C@@H]3O)c(=O)n1. The Bertz CT molecular complexity index is 667. The third-order valence-corrected chi connectivity index (χ3v) is 3.50. The molecule has 3 heterocycles. The molecule has 9 nitrogen and oxygen atoms in total. The van der Waals surface area contributed by atoms with E-state index in [0.717, 1.165) is 0 Å². The topological polar surface area (TPSA) is 112 Å². The molecular formula is C14H19N3O6. The maximum atomic E-state index is 12.1. The number of aliphatic hydroxyl groups excluding tert-OH is 1. The van der Waals surface area contributed by atoms with Crippen molar-refractivity contribution in [2.24, 2.45) is 0 Å². The normalized spacial score (nSPS) is 29.6. The lowest BCUT2D eigenvalue weighted by molar-refractivity contribution is -0.128. The van der Waals surface area contributed by atoms with Gasteiger partial charge < -0.3 is 19.3 Å². The standard InChI is InChI=1S/C14H19N3O6/c1-14(2,3)23-13(20)16-8-4-5-17(12(19)15-8)11-10-9(18)7(22-11)6-21-10/h4-5,7,9-11,18H,6H2,1-3H3,(H,15,16,19,20)/t7-,9-,10+,11-/m1/s1. The molecule has 0 saturated carbocycles. The molecule has 0 spiro atoms. The van der Waals surface area contributed by atoms with Crippen molar-refractivity contribution >= 4 is 11.9 Å². The lowest BCUT2D eigenvalue weighted by Crippen LogP contribution is -2.36. The molecule has 0 radical (unpaired) electrons. The number of carbonyl (C=O) groups is 1. The Morgan fingerprint density at radius 3 is 2.78 bits per heavy atom. The predicted molar refractivity (Wildman–Crippen MR) is 78.0 cm³/mol. The minimum Gasteiger partial charge on any atom is -0.444 e. The molecule has 2 saturated heterocycles. The number of hydrogen-bond donors (Lipinski definition) is 2. The molecule has 2 N–H and O–H groups in total. The lowest BCUT2D eigenvalue weighted by Gasteiger charge is -2.23. The van der Waals surface area contributed by atoms with E-state index in [2.05, 4.69) is 10.3 Å². The second kappa shape index (κ2) is 5.59. The number of nitrogens with zero attached hydrogens (tertiary/aromatic N) is 2. The zero-order valence-corrected chi connectivity index (χ0v) is 13.1. The van der Waals surface area contributed by atoms with Crippen LogP contribution in [0, 0.1) is 0 Å². The summed E-state index contributed by atoms with van der Waals surface area (Å²) in [5.41, 5.74) is -1.27. The number of rotatable bonds is 2. The lowest BCUT2D eigenvalue weighted by atomic mass is 10.2. The van der Waals surface area contributed by atoms with Crippen molar-refractivity contribution in [3.05, 3.63) is 22.7 Å². The highest BCUT2D eigenvalue weighted by atomic mass is 16.6. The van der Waals surface area contributed by atoms with E-state index in [1.807, 2.05) is 0 Å². The smallest absolute Gasteiger partial charge is 0.413 e. The van der Waals surface area contributed by atoms with E-state index in [1.165, 1.54) is 16.8 Å². The van der Waals surface area contributed by atoms with Crippen LogP contribution >= 0.6 is 0 Å². The fourth-order valence-electron chi connectivity index (χ4n) is 2.55. The number of fused-ring (bicyclic) bond motifs is 2. The van der Waals surface area contributed by atoms with Gasteiger partial charge in [0, 0.05) is 6.20 Å². The number of hydrogen-bond acceptors (Lipinski definition) is 7. The van der Waals surface area contributed by atoms with Crippen LogP contribution in [-0.2, 0) is 14.2 Å². The molecule has 1 aromatic heterocycles. The third kappa shape index (κ3) is 3.21. The van der Waals surface area contributed by atoms with Crippen molar-refractivity contribution in [3.63, 3.8) is 0 Å². The summed E-state index contributed by atoms with van der Waals surface area (Å²) in [4.78, 5) is 27.6. The zero-order chi connectivity index (χ0) is 16.8. The monoisotopic (exact) mass is 325 g/mol. The maximum Gasteiger partial charge on any atom is 0.413 e. The molecule has 3 rings (SSSR count). The number of anilines is 1. The van der Waals surface area contributed by atoms with Gasteiger partial charge in [-0.2, -0.15) is 4.98 Å². The minimum atomic E-state index is -0.758. The number of ether oxygens (including phenoxy) is 3. The molecule has 9 heteroatoms. The number of carbonyl (C=O) groups excluding carboxylic acids is 1. The largest absolute Gasteiger partial charge is 0.444 e. The number of aromatic nitrogens is 2. The van der Waals surface area contributed by atoms with E-state index in [4.69, 9.17) is 14.2 Å². The van der Waals surface area contributed by atoms with Crippen LogP contribution in [0.25, 0.3) is 0 Å². The summed E-state index contributed by atoms with van der Waals surface area (Å²) in [5, 5.41) is 12.3. The van der Waals surface area contributed by atoms with Crippen molar-refractivity contribution < 1.29 is 24.1 Å². The van der Waals surface area contributed by atoms with E-state index in [1.54, 1.807) is 20.8 Å². The molecule has 0 aliphatic carbocycles. The molecule has 2 fully saturated rings. The van der Waals surface area contributed by atoms with E-state index in [9.17, 15) is 14.7 Å². The number of aliphatic hydroxyl groups is 1. The van der Waals surface area contributed by atoms with Gasteiger partial charge in [0.15, 0.2) is 6.23 Å². The zero-order valence-electron chi connectivity index (χ0n) is 13.1. The molecular weight excluding hydrogens is 306 g/mol. The summed E-state index contributed by atoms with van der Waals surface area (Å²) in [5.74, 6) is 0.0742. The van der Waals surface area contributed by atoms with Crippen molar-refractivity contribution in [2.45, 2.75) is 50.9 Å². The first-order chi connectivity index (χ1) is 10.7.